The van der Waals surface area contributed by atoms with Crippen molar-refractivity contribution in [2.75, 3.05) is 26.2 Å². The standard InChI is InChI=1S/C14H23N3O3/c18-13(19)10-1-2-11(9-10)15-14(20)17-7-5-16(6-8-17)12-3-4-12/h10-12H,1-9H2,(H,15,20)(H,18,19)/t10-,11+/m1/s1. The lowest BCUT2D eigenvalue weighted by Gasteiger charge is -2.35. The number of rotatable bonds is 3. The van der Waals surface area contributed by atoms with Gasteiger partial charge in [0, 0.05) is 38.3 Å². The van der Waals surface area contributed by atoms with Gasteiger partial charge < -0.3 is 15.3 Å². The van der Waals surface area contributed by atoms with Crippen LogP contribution in [-0.4, -0.2) is 65.2 Å². The van der Waals surface area contributed by atoms with Crippen LogP contribution in [0, 0.1) is 5.92 Å². The van der Waals surface area contributed by atoms with Gasteiger partial charge in [-0.1, -0.05) is 0 Å². The summed E-state index contributed by atoms with van der Waals surface area (Å²) in [5, 5.41) is 12.0. The second-order valence-corrected chi connectivity index (χ2v) is 6.25. The number of urea groups is 1. The molecule has 0 aromatic rings. The van der Waals surface area contributed by atoms with Crippen LogP contribution >= 0.6 is 0 Å². The third kappa shape index (κ3) is 3.06. The number of carbonyl (C=O) groups is 2. The van der Waals surface area contributed by atoms with Crippen molar-refractivity contribution in [3.8, 4) is 0 Å². The van der Waals surface area contributed by atoms with Crippen LogP contribution in [0.25, 0.3) is 0 Å². The Morgan fingerprint density at radius 3 is 2.25 bits per heavy atom. The lowest BCUT2D eigenvalue weighted by Crippen LogP contribution is -2.53. The summed E-state index contributed by atoms with van der Waals surface area (Å²) in [6.45, 7) is 3.52. The number of hydrogen-bond donors (Lipinski definition) is 2. The van der Waals surface area contributed by atoms with Gasteiger partial charge in [0.2, 0.25) is 0 Å². The third-order valence-electron chi connectivity index (χ3n) is 4.77. The Balaban J connectivity index is 1.42. The number of nitrogens with one attached hydrogen (secondary N) is 1. The molecule has 20 heavy (non-hydrogen) atoms. The predicted octanol–water partition coefficient (Wildman–Crippen LogP) is 0.729. The van der Waals surface area contributed by atoms with Gasteiger partial charge in [0.05, 0.1) is 5.92 Å². The topological polar surface area (TPSA) is 72.9 Å². The molecule has 1 saturated heterocycles. The maximum absolute atomic E-state index is 12.2. The first-order valence-electron chi connectivity index (χ1n) is 7.66. The van der Waals surface area contributed by atoms with E-state index in [2.05, 4.69) is 10.2 Å². The molecule has 2 N–H and O–H groups in total. The molecule has 0 aromatic heterocycles. The Kier molecular flexibility index (Phi) is 3.83. The summed E-state index contributed by atoms with van der Waals surface area (Å²) < 4.78 is 0. The molecule has 3 fully saturated rings. The molecule has 0 radical (unpaired) electrons. The molecule has 2 saturated carbocycles. The van der Waals surface area contributed by atoms with E-state index in [-0.39, 0.29) is 18.0 Å². The van der Waals surface area contributed by atoms with E-state index in [1.54, 1.807) is 0 Å². The molecule has 2 amide bonds. The van der Waals surface area contributed by atoms with Crippen molar-refractivity contribution in [2.24, 2.45) is 5.92 Å². The quantitative estimate of drug-likeness (QED) is 0.800. The van der Waals surface area contributed by atoms with Crippen molar-refractivity contribution in [1.82, 2.24) is 15.1 Å². The highest BCUT2D eigenvalue weighted by Crippen LogP contribution is 2.28. The summed E-state index contributed by atoms with van der Waals surface area (Å²) in [7, 11) is 0. The Morgan fingerprint density at radius 1 is 1.00 bits per heavy atom. The summed E-state index contributed by atoms with van der Waals surface area (Å²) in [6, 6.07) is 0.785. The van der Waals surface area contributed by atoms with Gasteiger partial charge in [0.1, 0.15) is 0 Å². The van der Waals surface area contributed by atoms with Crippen LogP contribution in [0.3, 0.4) is 0 Å². The zero-order valence-electron chi connectivity index (χ0n) is 11.8. The number of amides is 2. The number of carbonyl (C=O) groups excluding carboxylic acids is 1. The monoisotopic (exact) mass is 281 g/mol. The fourth-order valence-electron chi connectivity index (χ4n) is 3.33. The smallest absolute Gasteiger partial charge is 0.317 e. The second kappa shape index (κ2) is 5.60. The predicted molar refractivity (Wildman–Crippen MR) is 73.5 cm³/mol. The zero-order chi connectivity index (χ0) is 14.1. The van der Waals surface area contributed by atoms with E-state index < -0.39 is 5.97 Å². The van der Waals surface area contributed by atoms with Crippen molar-refractivity contribution in [3.63, 3.8) is 0 Å². The van der Waals surface area contributed by atoms with Gasteiger partial charge in [-0.3, -0.25) is 9.69 Å². The number of nitrogens with zero attached hydrogens (tertiary/aromatic N) is 2. The van der Waals surface area contributed by atoms with Crippen LogP contribution in [0.2, 0.25) is 0 Å². The van der Waals surface area contributed by atoms with E-state index in [4.69, 9.17) is 5.11 Å². The lowest BCUT2D eigenvalue weighted by molar-refractivity contribution is -0.141. The lowest BCUT2D eigenvalue weighted by atomic mass is 10.1. The molecule has 1 aliphatic heterocycles. The molecule has 0 spiro atoms. The molecule has 0 unspecified atom stereocenters. The van der Waals surface area contributed by atoms with Crippen molar-refractivity contribution < 1.29 is 14.7 Å². The summed E-state index contributed by atoms with van der Waals surface area (Å²) in [4.78, 5) is 27.4. The van der Waals surface area contributed by atoms with Gasteiger partial charge in [-0.15, -0.1) is 0 Å². The largest absolute Gasteiger partial charge is 0.481 e. The van der Waals surface area contributed by atoms with Gasteiger partial charge in [0.25, 0.3) is 0 Å². The van der Waals surface area contributed by atoms with Crippen LogP contribution in [0.5, 0.6) is 0 Å². The highest BCUT2D eigenvalue weighted by atomic mass is 16.4. The van der Waals surface area contributed by atoms with Gasteiger partial charge in [-0.2, -0.15) is 0 Å². The molecule has 2 aliphatic carbocycles. The Morgan fingerprint density at radius 2 is 1.70 bits per heavy atom. The maximum atomic E-state index is 12.2. The van der Waals surface area contributed by atoms with Gasteiger partial charge in [-0.25, -0.2) is 4.79 Å². The van der Waals surface area contributed by atoms with E-state index in [0.717, 1.165) is 38.6 Å². The minimum Gasteiger partial charge on any atom is -0.481 e. The second-order valence-electron chi connectivity index (χ2n) is 6.25. The zero-order valence-corrected chi connectivity index (χ0v) is 11.8. The SMILES string of the molecule is O=C(O)[C@@H]1CC[C@H](NC(=O)N2CCN(C3CC3)CC2)C1. The number of carboxylic acids is 1. The van der Waals surface area contributed by atoms with Crippen molar-refractivity contribution in [3.05, 3.63) is 0 Å². The normalized spacial score (nSPS) is 31.3. The summed E-state index contributed by atoms with van der Waals surface area (Å²) >= 11 is 0. The minimum atomic E-state index is -0.736. The Labute approximate surface area is 119 Å². The molecule has 2 atom stereocenters. The Hall–Kier alpha value is -1.30. The number of aliphatic carboxylic acids is 1. The molecule has 1 heterocycles. The van der Waals surface area contributed by atoms with Crippen molar-refractivity contribution in [2.45, 2.75) is 44.2 Å². The molecule has 6 nitrogen and oxygen atoms in total. The maximum Gasteiger partial charge on any atom is 0.317 e. The molecular weight excluding hydrogens is 258 g/mol. The van der Waals surface area contributed by atoms with E-state index >= 15 is 0 Å². The number of carboxylic acid groups (broad SMARTS) is 1. The average molecular weight is 281 g/mol. The van der Waals surface area contributed by atoms with E-state index in [9.17, 15) is 9.59 Å². The van der Waals surface area contributed by atoms with E-state index in [1.807, 2.05) is 4.90 Å². The van der Waals surface area contributed by atoms with Crippen molar-refractivity contribution >= 4 is 12.0 Å². The molecule has 0 bridgehead atoms. The summed E-state index contributed by atoms with van der Waals surface area (Å²) in [6.07, 6.45) is 4.65. The van der Waals surface area contributed by atoms with Crippen molar-refractivity contribution in [1.29, 1.82) is 0 Å². The summed E-state index contributed by atoms with van der Waals surface area (Å²) in [5.41, 5.74) is 0. The molecule has 3 rings (SSSR count). The average Bonchev–Trinajstić information content (AvgIpc) is 3.19. The van der Waals surface area contributed by atoms with Crippen LogP contribution in [0.15, 0.2) is 0 Å². The fraction of sp³-hybridized carbons (Fsp3) is 0.857. The minimum absolute atomic E-state index is 0.0171. The molecule has 3 aliphatic rings. The molecular formula is C14H23N3O3. The Bertz CT molecular complexity index is 389. The third-order valence-corrected chi connectivity index (χ3v) is 4.77. The molecule has 112 valence electrons. The van der Waals surface area contributed by atoms with E-state index in [1.165, 1.54) is 12.8 Å². The fourth-order valence-corrected chi connectivity index (χ4v) is 3.33. The first kappa shape index (κ1) is 13.7. The number of hydrogen-bond acceptors (Lipinski definition) is 3. The van der Waals surface area contributed by atoms with E-state index in [0.29, 0.717) is 12.8 Å². The molecule has 0 aromatic carbocycles. The van der Waals surface area contributed by atoms with Crippen LogP contribution in [0.4, 0.5) is 4.79 Å². The molecule has 6 heteroatoms. The van der Waals surface area contributed by atoms with Gasteiger partial charge in [-0.05, 0) is 32.1 Å². The highest BCUT2D eigenvalue weighted by molar-refractivity contribution is 5.75. The van der Waals surface area contributed by atoms with Crippen LogP contribution < -0.4 is 5.32 Å². The summed E-state index contributed by atoms with van der Waals surface area (Å²) in [5.74, 6) is -1.02. The van der Waals surface area contributed by atoms with Crippen LogP contribution in [0.1, 0.15) is 32.1 Å². The van der Waals surface area contributed by atoms with Gasteiger partial charge >= 0.3 is 12.0 Å². The van der Waals surface area contributed by atoms with Gasteiger partial charge in [0.15, 0.2) is 0 Å². The number of piperazine rings is 1. The first-order chi connectivity index (χ1) is 9.63. The first-order valence-corrected chi connectivity index (χ1v) is 7.66. The highest BCUT2D eigenvalue weighted by Gasteiger charge is 2.34. The van der Waals surface area contributed by atoms with Crippen LogP contribution in [-0.2, 0) is 4.79 Å².